The normalized spacial score (nSPS) is 25.7. The van der Waals surface area contributed by atoms with Crippen molar-refractivity contribution in [3.63, 3.8) is 0 Å². The summed E-state index contributed by atoms with van der Waals surface area (Å²) >= 11 is 0. The van der Waals surface area contributed by atoms with Crippen molar-refractivity contribution in [2.45, 2.75) is 43.8 Å². The number of aliphatic hydroxyl groups is 1. The van der Waals surface area contributed by atoms with E-state index >= 15 is 0 Å². The number of halogens is 2. The third kappa shape index (κ3) is 3.92. The maximum absolute atomic E-state index is 13.6. The summed E-state index contributed by atoms with van der Waals surface area (Å²) in [5, 5.41) is 18.2. The van der Waals surface area contributed by atoms with Crippen LogP contribution in [-0.4, -0.2) is 59.2 Å². The van der Waals surface area contributed by atoms with Gasteiger partial charge in [0.05, 0.1) is 24.8 Å². The van der Waals surface area contributed by atoms with Crippen LogP contribution >= 0.6 is 0 Å². The molecule has 2 fully saturated rings. The molecule has 2 heterocycles. The molecule has 0 aromatic heterocycles. The van der Waals surface area contributed by atoms with E-state index in [2.05, 4.69) is 11.0 Å². The molecule has 0 saturated carbocycles. The van der Waals surface area contributed by atoms with Crippen LogP contribution in [0.15, 0.2) is 24.3 Å². The molecule has 1 aromatic rings. The van der Waals surface area contributed by atoms with Crippen molar-refractivity contribution in [1.82, 2.24) is 9.80 Å². The lowest BCUT2D eigenvalue weighted by atomic mass is 10.0. The third-order valence-corrected chi connectivity index (χ3v) is 5.14. The van der Waals surface area contributed by atoms with Crippen molar-refractivity contribution < 1.29 is 13.9 Å². The molecule has 130 valence electrons. The molecule has 2 saturated heterocycles. The zero-order chi connectivity index (χ0) is 17.2. The molecule has 4 nitrogen and oxygen atoms in total. The first kappa shape index (κ1) is 17.3. The highest BCUT2D eigenvalue weighted by Crippen LogP contribution is 2.35. The molecule has 24 heavy (non-hydrogen) atoms. The largest absolute Gasteiger partial charge is 0.395 e. The van der Waals surface area contributed by atoms with Crippen molar-refractivity contribution >= 4 is 0 Å². The zero-order valence-corrected chi connectivity index (χ0v) is 13.7. The summed E-state index contributed by atoms with van der Waals surface area (Å²) < 4.78 is 27.3. The minimum Gasteiger partial charge on any atom is -0.395 e. The first-order valence-corrected chi connectivity index (χ1v) is 8.46. The van der Waals surface area contributed by atoms with Gasteiger partial charge in [-0.2, -0.15) is 5.26 Å². The Labute approximate surface area is 141 Å². The van der Waals surface area contributed by atoms with E-state index < -0.39 is 12.0 Å². The number of benzene rings is 1. The Morgan fingerprint density at radius 3 is 2.46 bits per heavy atom. The monoisotopic (exact) mass is 335 g/mol. The number of hydrogen-bond acceptors (Lipinski definition) is 4. The Morgan fingerprint density at radius 2 is 1.88 bits per heavy atom. The van der Waals surface area contributed by atoms with Crippen LogP contribution in [0.25, 0.3) is 0 Å². The van der Waals surface area contributed by atoms with Crippen LogP contribution in [0.3, 0.4) is 0 Å². The molecule has 1 aromatic carbocycles. The molecule has 0 radical (unpaired) electrons. The van der Waals surface area contributed by atoms with Gasteiger partial charge in [-0.05, 0) is 43.6 Å². The maximum atomic E-state index is 13.6. The van der Waals surface area contributed by atoms with Gasteiger partial charge in [-0.25, -0.2) is 8.78 Å². The van der Waals surface area contributed by atoms with E-state index in [0.717, 1.165) is 38.0 Å². The van der Waals surface area contributed by atoms with E-state index in [1.165, 1.54) is 0 Å². The van der Waals surface area contributed by atoms with Crippen molar-refractivity contribution in [3.8, 4) is 6.07 Å². The number of hydrogen-bond donors (Lipinski definition) is 1. The first-order valence-electron chi connectivity index (χ1n) is 8.46. The predicted molar refractivity (Wildman–Crippen MR) is 86.6 cm³/mol. The summed E-state index contributed by atoms with van der Waals surface area (Å²) in [6.07, 6.45) is 1.47. The number of nitriles is 1. The van der Waals surface area contributed by atoms with Gasteiger partial charge in [0.2, 0.25) is 0 Å². The third-order valence-electron chi connectivity index (χ3n) is 5.14. The lowest BCUT2D eigenvalue weighted by molar-refractivity contribution is 0.00266. The Bertz CT molecular complexity index is 591. The zero-order valence-electron chi connectivity index (χ0n) is 13.7. The van der Waals surface area contributed by atoms with Crippen LogP contribution in [0.1, 0.15) is 30.4 Å². The van der Waals surface area contributed by atoms with Crippen LogP contribution in [0.4, 0.5) is 8.78 Å². The van der Waals surface area contributed by atoms with E-state index in [1.54, 1.807) is 0 Å². The molecule has 0 amide bonds. The smallest absolute Gasteiger partial charge is 0.262 e. The lowest BCUT2D eigenvalue weighted by Gasteiger charge is -2.38. The highest BCUT2D eigenvalue weighted by atomic mass is 19.3. The molecule has 1 atom stereocenters. The summed E-state index contributed by atoms with van der Waals surface area (Å²) in [6, 6.07) is 9.41. The van der Waals surface area contributed by atoms with E-state index in [4.69, 9.17) is 5.26 Å². The minimum atomic E-state index is -2.67. The highest BCUT2D eigenvalue weighted by Gasteiger charge is 2.47. The number of likely N-dealkylation sites (tertiary alicyclic amines) is 2. The average Bonchev–Trinajstić information content (AvgIpc) is 2.91. The molecule has 6 heteroatoms. The van der Waals surface area contributed by atoms with Gasteiger partial charge in [-0.3, -0.25) is 9.80 Å². The number of alkyl halides is 2. The van der Waals surface area contributed by atoms with Crippen LogP contribution < -0.4 is 0 Å². The molecule has 2 aliphatic heterocycles. The topological polar surface area (TPSA) is 50.5 Å². The van der Waals surface area contributed by atoms with Gasteiger partial charge in [-0.1, -0.05) is 12.1 Å². The van der Waals surface area contributed by atoms with Gasteiger partial charge in [0.15, 0.2) is 0 Å². The fraction of sp³-hybridized carbons (Fsp3) is 0.611. The Hall–Kier alpha value is -1.55. The predicted octanol–water partition coefficient (Wildman–Crippen LogP) is 2.22. The molecule has 0 bridgehead atoms. The Balaban J connectivity index is 1.53. The van der Waals surface area contributed by atoms with Crippen LogP contribution in [0.2, 0.25) is 0 Å². The second kappa shape index (κ2) is 7.14. The lowest BCUT2D eigenvalue weighted by Crippen LogP contribution is -2.47. The van der Waals surface area contributed by atoms with Crippen molar-refractivity contribution in [2.24, 2.45) is 0 Å². The first-order chi connectivity index (χ1) is 11.5. The highest BCUT2D eigenvalue weighted by molar-refractivity contribution is 5.31. The second-order valence-electron chi connectivity index (χ2n) is 6.88. The molecule has 1 N–H and O–H groups in total. The second-order valence-corrected chi connectivity index (χ2v) is 6.88. The van der Waals surface area contributed by atoms with Crippen molar-refractivity contribution in [3.05, 3.63) is 35.4 Å². The van der Waals surface area contributed by atoms with Gasteiger partial charge in [-0.15, -0.1) is 0 Å². The standard InChI is InChI=1S/C18H23F2N3O/c19-18(20)9-17(12-24)23(13-18)16-5-7-22(8-6-16)11-15-3-1-14(10-21)2-4-15/h1-4,16-17,24H,5-9,11-13H2/t17-/m0/s1. The Morgan fingerprint density at radius 1 is 1.21 bits per heavy atom. The van der Waals surface area contributed by atoms with Crippen molar-refractivity contribution in [1.29, 1.82) is 5.26 Å². The number of piperidine rings is 1. The van der Waals surface area contributed by atoms with Crippen LogP contribution in [0, 0.1) is 11.3 Å². The molecular formula is C18H23F2N3O. The molecular weight excluding hydrogens is 312 g/mol. The van der Waals surface area contributed by atoms with Gasteiger partial charge in [0, 0.05) is 25.0 Å². The number of aliphatic hydroxyl groups excluding tert-OH is 1. The van der Waals surface area contributed by atoms with E-state index in [9.17, 15) is 13.9 Å². The maximum Gasteiger partial charge on any atom is 0.262 e. The average molecular weight is 335 g/mol. The van der Waals surface area contributed by atoms with E-state index in [1.807, 2.05) is 29.2 Å². The molecule has 0 aliphatic carbocycles. The molecule has 3 rings (SSSR count). The minimum absolute atomic E-state index is 0.132. The fourth-order valence-electron chi connectivity index (χ4n) is 3.87. The fourth-order valence-corrected chi connectivity index (χ4v) is 3.87. The molecule has 0 unspecified atom stereocenters. The number of nitrogens with zero attached hydrogens (tertiary/aromatic N) is 3. The van der Waals surface area contributed by atoms with Crippen LogP contribution in [-0.2, 0) is 6.54 Å². The van der Waals surface area contributed by atoms with Gasteiger partial charge >= 0.3 is 0 Å². The molecule has 0 spiro atoms. The van der Waals surface area contributed by atoms with Crippen LogP contribution in [0.5, 0.6) is 0 Å². The van der Waals surface area contributed by atoms with Gasteiger partial charge in [0.1, 0.15) is 0 Å². The summed E-state index contributed by atoms with van der Waals surface area (Å²) in [5.41, 5.74) is 1.82. The number of rotatable bonds is 4. The van der Waals surface area contributed by atoms with E-state index in [0.29, 0.717) is 5.56 Å². The molecule has 2 aliphatic rings. The van der Waals surface area contributed by atoms with Crippen molar-refractivity contribution in [2.75, 3.05) is 26.2 Å². The van der Waals surface area contributed by atoms with Gasteiger partial charge in [0.25, 0.3) is 5.92 Å². The summed E-state index contributed by atoms with van der Waals surface area (Å²) in [4.78, 5) is 4.14. The quantitative estimate of drug-likeness (QED) is 0.917. The van der Waals surface area contributed by atoms with Gasteiger partial charge < -0.3 is 5.11 Å². The Kier molecular flexibility index (Phi) is 5.14. The van der Waals surface area contributed by atoms with E-state index in [-0.39, 0.29) is 25.6 Å². The SMILES string of the molecule is N#Cc1ccc(CN2CCC(N3CC(F)(F)C[C@H]3CO)CC2)cc1. The summed E-state index contributed by atoms with van der Waals surface area (Å²) in [7, 11) is 0. The summed E-state index contributed by atoms with van der Waals surface area (Å²) in [5.74, 6) is -2.67. The summed E-state index contributed by atoms with van der Waals surface area (Å²) in [6.45, 7) is 2.13.